The molecule has 0 rings (SSSR count). The van der Waals surface area contributed by atoms with Crippen molar-refractivity contribution in [1.29, 1.82) is 0 Å². The molecule has 0 aliphatic rings. The number of carboxylic acids is 1. The van der Waals surface area contributed by atoms with E-state index in [1.54, 1.807) is 0 Å². The Morgan fingerprint density at radius 2 is 1.07 bits per heavy atom. The Balaban J connectivity index is 0. The zero-order valence-corrected chi connectivity index (χ0v) is 21.9. The SMILES string of the molecule is CCCCCCCCC(C)CN(CC(=O)[O-])CC(C)CCCCCCCC.[Na+]. The molecule has 0 N–H and O–H groups in total. The van der Waals surface area contributed by atoms with Crippen LogP contribution in [0.5, 0.6) is 0 Å². The molecule has 162 valence electrons. The van der Waals surface area contributed by atoms with E-state index in [0.29, 0.717) is 11.8 Å². The molecule has 0 bridgehead atoms. The number of rotatable bonds is 20. The number of nitrogens with zero attached hydrogens (tertiary/aromatic N) is 1. The summed E-state index contributed by atoms with van der Waals surface area (Å²) >= 11 is 0. The van der Waals surface area contributed by atoms with Gasteiger partial charge in [0.15, 0.2) is 0 Å². The van der Waals surface area contributed by atoms with Crippen molar-refractivity contribution < 1.29 is 39.5 Å². The Hall–Kier alpha value is 0.430. The predicted molar refractivity (Wildman–Crippen MR) is 116 cm³/mol. The maximum absolute atomic E-state index is 11.1. The summed E-state index contributed by atoms with van der Waals surface area (Å²) in [6, 6.07) is 0. The van der Waals surface area contributed by atoms with Gasteiger partial charge >= 0.3 is 29.6 Å². The fourth-order valence-electron chi connectivity index (χ4n) is 4.00. The van der Waals surface area contributed by atoms with Gasteiger partial charge in [-0.3, -0.25) is 4.90 Å². The predicted octanol–water partition coefficient (Wildman–Crippen LogP) is 2.82. The van der Waals surface area contributed by atoms with Gasteiger partial charge in [-0.25, -0.2) is 0 Å². The standard InChI is InChI=1S/C24H49NO2.Na/c1-5-7-9-11-13-15-17-22(3)19-25(21-24(26)27)20-23(4)18-16-14-12-10-8-6-2;/h22-23H,5-21H2,1-4H3,(H,26,27);/q;+1/p-1. The van der Waals surface area contributed by atoms with Crippen molar-refractivity contribution in [3.63, 3.8) is 0 Å². The van der Waals surface area contributed by atoms with E-state index in [1.165, 1.54) is 89.9 Å². The smallest absolute Gasteiger partial charge is 0.549 e. The topological polar surface area (TPSA) is 43.4 Å². The normalized spacial score (nSPS) is 13.3. The number of carbonyl (C=O) groups is 1. The van der Waals surface area contributed by atoms with Gasteiger partial charge in [0, 0.05) is 19.6 Å². The van der Waals surface area contributed by atoms with Crippen LogP contribution in [0.25, 0.3) is 0 Å². The van der Waals surface area contributed by atoms with Gasteiger partial charge in [0.05, 0.1) is 5.97 Å². The number of carboxylic acid groups (broad SMARTS) is 1. The number of carbonyl (C=O) groups excluding carboxylic acids is 1. The molecule has 0 saturated heterocycles. The van der Waals surface area contributed by atoms with Crippen LogP contribution in [0.15, 0.2) is 0 Å². The van der Waals surface area contributed by atoms with Crippen LogP contribution < -0.4 is 34.7 Å². The second-order valence-electron chi connectivity index (χ2n) is 8.89. The molecule has 0 heterocycles. The second kappa shape index (κ2) is 22.1. The maximum atomic E-state index is 11.1. The summed E-state index contributed by atoms with van der Waals surface area (Å²) in [5, 5.41) is 11.1. The van der Waals surface area contributed by atoms with E-state index in [1.807, 2.05) is 0 Å². The molecular formula is C24H48NNaO2. The fourth-order valence-corrected chi connectivity index (χ4v) is 4.00. The van der Waals surface area contributed by atoms with Gasteiger partial charge in [-0.15, -0.1) is 0 Å². The van der Waals surface area contributed by atoms with Crippen LogP contribution in [-0.2, 0) is 4.79 Å². The van der Waals surface area contributed by atoms with Gasteiger partial charge in [-0.1, -0.05) is 105 Å². The number of aliphatic carboxylic acids is 1. The molecule has 0 aliphatic heterocycles. The molecule has 0 aromatic rings. The average molecular weight is 406 g/mol. The van der Waals surface area contributed by atoms with Crippen LogP contribution in [0.2, 0.25) is 0 Å². The third-order valence-corrected chi connectivity index (χ3v) is 5.59. The van der Waals surface area contributed by atoms with E-state index < -0.39 is 5.97 Å². The first-order chi connectivity index (χ1) is 13.0. The Labute approximate surface area is 198 Å². The first-order valence-corrected chi connectivity index (χ1v) is 11.9. The van der Waals surface area contributed by atoms with Crippen LogP contribution in [0.1, 0.15) is 118 Å². The minimum absolute atomic E-state index is 0. The van der Waals surface area contributed by atoms with Crippen molar-refractivity contribution in [2.75, 3.05) is 19.6 Å². The van der Waals surface area contributed by atoms with Crippen LogP contribution in [0.4, 0.5) is 0 Å². The van der Waals surface area contributed by atoms with Crippen LogP contribution in [0, 0.1) is 11.8 Å². The van der Waals surface area contributed by atoms with Gasteiger partial charge in [0.1, 0.15) is 0 Å². The van der Waals surface area contributed by atoms with Gasteiger partial charge in [0.25, 0.3) is 0 Å². The molecule has 0 amide bonds. The zero-order chi connectivity index (χ0) is 20.3. The van der Waals surface area contributed by atoms with Crippen LogP contribution in [-0.4, -0.2) is 30.5 Å². The Morgan fingerprint density at radius 3 is 1.43 bits per heavy atom. The second-order valence-corrected chi connectivity index (χ2v) is 8.89. The minimum atomic E-state index is -0.937. The molecule has 28 heavy (non-hydrogen) atoms. The van der Waals surface area contributed by atoms with Crippen molar-refractivity contribution in [2.45, 2.75) is 118 Å². The summed E-state index contributed by atoms with van der Waals surface area (Å²) < 4.78 is 0. The largest absolute Gasteiger partial charge is 1.00 e. The molecule has 0 aromatic carbocycles. The summed E-state index contributed by atoms with van der Waals surface area (Å²) in [4.78, 5) is 13.3. The first kappa shape index (κ1) is 30.6. The van der Waals surface area contributed by atoms with Crippen molar-refractivity contribution >= 4 is 5.97 Å². The molecule has 0 aromatic heterocycles. The van der Waals surface area contributed by atoms with Crippen molar-refractivity contribution in [2.24, 2.45) is 11.8 Å². The molecule has 0 radical (unpaired) electrons. The first-order valence-electron chi connectivity index (χ1n) is 11.9. The van der Waals surface area contributed by atoms with Crippen LogP contribution >= 0.6 is 0 Å². The van der Waals surface area contributed by atoms with Gasteiger partial charge in [0.2, 0.25) is 0 Å². The summed E-state index contributed by atoms with van der Waals surface area (Å²) in [5.74, 6) is 0.196. The molecule has 0 fully saturated rings. The van der Waals surface area contributed by atoms with Gasteiger partial charge in [-0.2, -0.15) is 0 Å². The summed E-state index contributed by atoms with van der Waals surface area (Å²) in [7, 11) is 0. The minimum Gasteiger partial charge on any atom is -0.549 e. The molecule has 0 spiro atoms. The van der Waals surface area contributed by atoms with Gasteiger partial charge in [-0.05, 0) is 24.7 Å². The van der Waals surface area contributed by atoms with E-state index in [-0.39, 0.29) is 36.1 Å². The summed E-state index contributed by atoms with van der Waals surface area (Å²) in [5.41, 5.74) is 0. The molecule has 4 heteroatoms. The number of unbranched alkanes of at least 4 members (excludes halogenated alkanes) is 10. The Kier molecular flexibility index (Phi) is 24.2. The average Bonchev–Trinajstić information content (AvgIpc) is 2.60. The molecule has 3 nitrogen and oxygen atoms in total. The fraction of sp³-hybridized carbons (Fsp3) is 0.958. The van der Waals surface area contributed by atoms with Crippen molar-refractivity contribution in [3.05, 3.63) is 0 Å². The molecular weight excluding hydrogens is 357 g/mol. The van der Waals surface area contributed by atoms with E-state index in [9.17, 15) is 9.90 Å². The Morgan fingerprint density at radius 1 is 0.714 bits per heavy atom. The molecule has 0 aliphatic carbocycles. The third kappa shape index (κ3) is 21.1. The van der Waals surface area contributed by atoms with E-state index in [2.05, 4.69) is 32.6 Å². The summed E-state index contributed by atoms with van der Waals surface area (Å²) in [6.07, 6.45) is 18.3. The molecule has 2 unspecified atom stereocenters. The molecule has 0 saturated carbocycles. The summed E-state index contributed by atoms with van der Waals surface area (Å²) in [6.45, 7) is 10.9. The van der Waals surface area contributed by atoms with Crippen LogP contribution in [0.3, 0.4) is 0 Å². The van der Waals surface area contributed by atoms with Crippen molar-refractivity contribution in [3.8, 4) is 0 Å². The quantitative estimate of drug-likeness (QED) is 0.231. The maximum Gasteiger partial charge on any atom is 1.00 e. The van der Waals surface area contributed by atoms with E-state index >= 15 is 0 Å². The van der Waals surface area contributed by atoms with E-state index in [4.69, 9.17) is 0 Å². The van der Waals surface area contributed by atoms with Crippen molar-refractivity contribution in [1.82, 2.24) is 4.90 Å². The Bertz CT molecular complexity index is 315. The third-order valence-electron chi connectivity index (χ3n) is 5.59. The monoisotopic (exact) mass is 405 g/mol. The number of hydrogen-bond donors (Lipinski definition) is 0. The van der Waals surface area contributed by atoms with Gasteiger partial charge < -0.3 is 9.90 Å². The zero-order valence-electron chi connectivity index (χ0n) is 19.9. The number of hydrogen-bond acceptors (Lipinski definition) is 3. The molecule has 2 atom stereocenters. The van der Waals surface area contributed by atoms with E-state index in [0.717, 1.165) is 13.1 Å².